The standard InChI is InChI=1S/C50H88Cl2N4O14/c1-3-5-19-29-43(67-47(61)35-33-39(55-51)49(63)69-65)41(57)27-21-15-11-7-9-13-17-23-31-45(59)53-37-25-26-38-54-46(60)32-24-18-14-10-8-12-16-22-28-42(58)44(30-20-6-4-2)68-48(62)36-34-40(56-52)50(64)70-66/h15-16,21-22,39-44,55-58,65-66H,3-14,17-20,23-38H2,1-2H3,(H,53,59)(H,54,60). The number of carbonyl (C=O) groups is 6. The predicted molar refractivity (Wildman–Crippen MR) is 269 cm³/mol. The lowest BCUT2D eigenvalue weighted by molar-refractivity contribution is -0.236. The molecule has 0 bridgehead atoms. The van der Waals surface area contributed by atoms with Gasteiger partial charge in [-0.05, 0) is 126 Å². The van der Waals surface area contributed by atoms with E-state index >= 15 is 0 Å². The molecule has 0 radical (unpaired) electrons. The van der Waals surface area contributed by atoms with Crippen LogP contribution in [0.1, 0.15) is 206 Å². The van der Waals surface area contributed by atoms with Crippen LogP contribution in [-0.4, -0.2) is 106 Å². The second kappa shape index (κ2) is 46.7. The molecular formula is C50H88Cl2N4O14. The zero-order valence-electron chi connectivity index (χ0n) is 42.0. The van der Waals surface area contributed by atoms with Gasteiger partial charge in [0.25, 0.3) is 0 Å². The van der Waals surface area contributed by atoms with Crippen molar-refractivity contribution >= 4 is 59.2 Å². The molecule has 70 heavy (non-hydrogen) atoms. The Morgan fingerprint density at radius 3 is 1.20 bits per heavy atom. The van der Waals surface area contributed by atoms with Crippen LogP contribution < -0.4 is 20.3 Å². The third-order valence-corrected chi connectivity index (χ3v) is 12.3. The molecule has 0 aromatic heterocycles. The maximum Gasteiger partial charge on any atom is 0.360 e. The van der Waals surface area contributed by atoms with Crippen LogP contribution in [0, 0.1) is 0 Å². The van der Waals surface area contributed by atoms with Gasteiger partial charge in [0.05, 0.1) is 12.2 Å². The van der Waals surface area contributed by atoms with E-state index in [0.717, 1.165) is 128 Å². The number of carbonyl (C=O) groups excluding carboxylic acids is 6. The number of rotatable bonds is 47. The van der Waals surface area contributed by atoms with Crippen LogP contribution in [0.5, 0.6) is 0 Å². The van der Waals surface area contributed by atoms with Crippen LogP contribution in [0.2, 0.25) is 0 Å². The minimum absolute atomic E-state index is 0.0363. The minimum Gasteiger partial charge on any atom is -0.460 e. The van der Waals surface area contributed by atoms with Gasteiger partial charge in [-0.3, -0.25) is 29.0 Å². The topological polar surface area (TPSA) is 268 Å². The van der Waals surface area contributed by atoms with Crippen molar-refractivity contribution in [2.75, 3.05) is 13.1 Å². The summed E-state index contributed by atoms with van der Waals surface area (Å²) in [6.45, 7) is 5.29. The maximum absolute atomic E-state index is 12.4. The van der Waals surface area contributed by atoms with E-state index in [9.17, 15) is 39.0 Å². The van der Waals surface area contributed by atoms with E-state index in [2.05, 4.69) is 43.9 Å². The number of aliphatic hydroxyl groups excluding tert-OH is 2. The number of amides is 2. The molecule has 0 saturated heterocycles. The first-order valence-electron chi connectivity index (χ1n) is 25.9. The lowest BCUT2D eigenvalue weighted by Crippen LogP contribution is -2.34. The SMILES string of the molecule is CCCCCC(OC(=O)CCC(NCl)C(=O)OO)C(O)CC=CCCCCCCCC(=O)NCCCCNC(=O)CCCCCCCC=CCC(O)C(CCCCC)OC(=O)CCC(NCl)C(=O)OO. The van der Waals surface area contributed by atoms with Crippen LogP contribution in [0.4, 0.5) is 0 Å². The Balaban J connectivity index is 4.02. The highest BCUT2D eigenvalue weighted by Gasteiger charge is 2.27. The van der Waals surface area contributed by atoms with Gasteiger partial charge in [-0.25, -0.2) is 19.3 Å². The van der Waals surface area contributed by atoms with E-state index in [0.29, 0.717) is 51.6 Å². The number of unbranched alkanes of at least 4 members (excludes halogenated alkanes) is 15. The van der Waals surface area contributed by atoms with Crippen molar-refractivity contribution in [3.05, 3.63) is 24.3 Å². The number of allylic oxidation sites excluding steroid dienone is 2. The Bertz CT molecular complexity index is 1340. The van der Waals surface area contributed by atoms with Gasteiger partial charge in [0.1, 0.15) is 24.3 Å². The van der Waals surface area contributed by atoms with Crippen molar-refractivity contribution in [2.45, 2.75) is 243 Å². The average Bonchev–Trinajstić information content (AvgIpc) is 3.35. The van der Waals surface area contributed by atoms with Gasteiger partial charge < -0.3 is 30.3 Å². The third-order valence-electron chi connectivity index (χ3n) is 11.8. The monoisotopic (exact) mass is 1040 g/mol. The normalized spacial score (nSPS) is 14.1. The van der Waals surface area contributed by atoms with Crippen LogP contribution in [0.15, 0.2) is 24.3 Å². The van der Waals surface area contributed by atoms with Crippen molar-refractivity contribution < 1.29 is 68.7 Å². The highest BCUT2D eigenvalue weighted by molar-refractivity contribution is 6.15. The lowest BCUT2D eigenvalue weighted by Gasteiger charge is -2.23. The zero-order valence-corrected chi connectivity index (χ0v) is 43.5. The molecule has 0 fully saturated rings. The van der Waals surface area contributed by atoms with Gasteiger partial charge in [-0.1, -0.05) is 102 Å². The van der Waals surface area contributed by atoms with Crippen molar-refractivity contribution in [1.29, 1.82) is 0 Å². The van der Waals surface area contributed by atoms with E-state index in [4.69, 9.17) is 43.5 Å². The summed E-state index contributed by atoms with van der Waals surface area (Å²) in [5, 5.41) is 44.5. The number of hydrogen-bond donors (Lipinski definition) is 8. The predicted octanol–water partition coefficient (Wildman–Crippen LogP) is 8.88. The fourth-order valence-corrected chi connectivity index (χ4v) is 7.84. The molecule has 0 heterocycles. The molecule has 0 aliphatic heterocycles. The number of aliphatic hydroxyl groups is 2. The summed E-state index contributed by atoms with van der Waals surface area (Å²) >= 11 is 11.0. The first kappa shape index (κ1) is 66.6. The maximum atomic E-state index is 12.4. The van der Waals surface area contributed by atoms with Crippen molar-refractivity contribution in [3.63, 3.8) is 0 Å². The van der Waals surface area contributed by atoms with Crippen LogP contribution in [0.3, 0.4) is 0 Å². The quantitative estimate of drug-likeness (QED) is 0.00538. The summed E-state index contributed by atoms with van der Waals surface area (Å²) < 4.78 is 11.1. The smallest absolute Gasteiger partial charge is 0.360 e. The van der Waals surface area contributed by atoms with Gasteiger partial charge >= 0.3 is 23.9 Å². The fourth-order valence-electron chi connectivity index (χ4n) is 7.44. The van der Waals surface area contributed by atoms with E-state index in [1.165, 1.54) is 0 Å². The Labute approximate surface area is 427 Å². The Hall–Kier alpha value is -3.36. The molecule has 2 amide bonds. The molecule has 20 heteroatoms. The molecule has 0 aromatic rings. The minimum atomic E-state index is -1.07. The van der Waals surface area contributed by atoms with Gasteiger partial charge in [0, 0.05) is 38.8 Å². The van der Waals surface area contributed by atoms with Crippen LogP contribution >= 0.6 is 23.6 Å². The molecule has 0 aliphatic carbocycles. The summed E-state index contributed by atoms with van der Waals surface area (Å²) in [6, 6.07) is -2.14. The van der Waals surface area contributed by atoms with Gasteiger partial charge in [-0.15, -0.1) is 0 Å². The van der Waals surface area contributed by atoms with Crippen molar-refractivity contribution in [2.24, 2.45) is 0 Å². The first-order chi connectivity index (χ1) is 33.9. The number of ether oxygens (including phenoxy) is 2. The molecule has 6 atom stereocenters. The van der Waals surface area contributed by atoms with Crippen molar-refractivity contribution in [1.82, 2.24) is 20.3 Å². The summed E-state index contributed by atoms with van der Waals surface area (Å²) in [6.07, 6.45) is 25.6. The number of halogens is 2. The third kappa shape index (κ3) is 37.4. The number of nitrogens with one attached hydrogen (secondary N) is 4. The first-order valence-corrected chi connectivity index (χ1v) is 26.6. The fraction of sp³-hybridized carbons (Fsp3) is 0.800. The Kier molecular flexibility index (Phi) is 44.5. The highest BCUT2D eigenvalue weighted by atomic mass is 35.5. The molecule has 18 nitrogen and oxygen atoms in total. The second-order valence-corrected chi connectivity index (χ2v) is 18.3. The van der Waals surface area contributed by atoms with E-state index in [1.54, 1.807) is 0 Å². The summed E-state index contributed by atoms with van der Waals surface area (Å²) in [4.78, 5) is 83.9. The van der Waals surface area contributed by atoms with E-state index < -0.39 is 60.4 Å². The molecule has 0 saturated carbocycles. The number of esters is 2. The zero-order chi connectivity index (χ0) is 52.0. The number of hydrogen-bond acceptors (Lipinski definition) is 16. The molecule has 6 unspecified atom stereocenters. The molecule has 0 aliphatic rings. The highest BCUT2D eigenvalue weighted by Crippen LogP contribution is 2.18. The summed E-state index contributed by atoms with van der Waals surface area (Å²) in [7, 11) is 0. The summed E-state index contributed by atoms with van der Waals surface area (Å²) in [5.41, 5.74) is 0. The summed E-state index contributed by atoms with van der Waals surface area (Å²) in [5.74, 6) is -3.08. The molecule has 0 aromatic carbocycles. The molecule has 0 rings (SSSR count). The van der Waals surface area contributed by atoms with Crippen LogP contribution in [0.25, 0.3) is 0 Å². The van der Waals surface area contributed by atoms with E-state index in [-0.39, 0.29) is 37.5 Å². The lowest BCUT2D eigenvalue weighted by atomic mass is 10.0. The molecule has 406 valence electrons. The molecular weight excluding hydrogens is 951 g/mol. The Morgan fingerprint density at radius 2 is 0.843 bits per heavy atom. The van der Waals surface area contributed by atoms with Crippen molar-refractivity contribution in [3.8, 4) is 0 Å². The van der Waals surface area contributed by atoms with Gasteiger partial charge in [0.2, 0.25) is 11.8 Å². The average molecular weight is 1040 g/mol. The van der Waals surface area contributed by atoms with Gasteiger partial charge in [0.15, 0.2) is 0 Å². The van der Waals surface area contributed by atoms with E-state index in [1.807, 2.05) is 24.3 Å². The Morgan fingerprint density at radius 1 is 0.471 bits per heavy atom. The second-order valence-electron chi connectivity index (χ2n) is 17.8. The molecule has 8 N–H and O–H groups in total. The molecule has 0 spiro atoms. The van der Waals surface area contributed by atoms with Crippen LogP contribution in [-0.2, 0) is 48.0 Å². The van der Waals surface area contributed by atoms with Gasteiger partial charge in [-0.2, -0.15) is 10.5 Å². The largest absolute Gasteiger partial charge is 0.460 e.